The van der Waals surface area contributed by atoms with Crippen LogP contribution >= 0.6 is 11.8 Å². The van der Waals surface area contributed by atoms with Gasteiger partial charge in [-0.25, -0.2) is 8.78 Å². The minimum atomic E-state index is -0.869. The molecule has 2 aliphatic rings. The second kappa shape index (κ2) is 6.54. The minimum absolute atomic E-state index is 0.0792. The molecule has 6 heteroatoms. The quantitative estimate of drug-likeness (QED) is 0.867. The van der Waals surface area contributed by atoms with E-state index < -0.39 is 11.6 Å². The van der Waals surface area contributed by atoms with Crippen LogP contribution in [0.3, 0.4) is 0 Å². The van der Waals surface area contributed by atoms with Crippen molar-refractivity contribution in [3.63, 3.8) is 0 Å². The van der Waals surface area contributed by atoms with Crippen molar-refractivity contribution in [1.29, 1.82) is 0 Å². The zero-order chi connectivity index (χ0) is 15.6. The summed E-state index contributed by atoms with van der Waals surface area (Å²) < 4.78 is 26.0. The van der Waals surface area contributed by atoms with Gasteiger partial charge in [-0.2, -0.15) is 0 Å². The fourth-order valence-corrected chi connectivity index (χ4v) is 4.08. The lowest BCUT2D eigenvalue weighted by Gasteiger charge is -2.38. The molecule has 2 aliphatic heterocycles. The molecule has 0 radical (unpaired) electrons. The van der Waals surface area contributed by atoms with Crippen molar-refractivity contribution in [2.45, 2.75) is 24.2 Å². The molecule has 0 atom stereocenters. The van der Waals surface area contributed by atoms with Crippen LogP contribution in [0.15, 0.2) is 23.1 Å². The first-order valence-corrected chi connectivity index (χ1v) is 8.63. The molecule has 1 amide bonds. The molecule has 3 nitrogen and oxygen atoms in total. The number of rotatable bonds is 3. The minimum Gasteiger partial charge on any atom is -0.342 e. The Kier molecular flexibility index (Phi) is 4.68. The summed E-state index contributed by atoms with van der Waals surface area (Å²) in [6.07, 6.45) is 3.32. The van der Waals surface area contributed by atoms with Crippen molar-refractivity contribution in [1.82, 2.24) is 10.2 Å². The smallest absolute Gasteiger partial charge is 0.232 e. The molecule has 2 fully saturated rings. The normalized spacial score (nSPS) is 20.5. The van der Waals surface area contributed by atoms with Crippen LogP contribution in [-0.4, -0.2) is 42.7 Å². The lowest BCUT2D eigenvalue weighted by Crippen LogP contribution is -2.44. The van der Waals surface area contributed by atoms with Gasteiger partial charge in [0.2, 0.25) is 5.91 Å². The van der Waals surface area contributed by atoms with Crippen molar-refractivity contribution in [3.05, 3.63) is 29.8 Å². The van der Waals surface area contributed by atoms with E-state index in [1.165, 1.54) is 24.2 Å². The third-order valence-electron chi connectivity index (χ3n) is 4.76. The Morgan fingerprint density at radius 1 is 1.23 bits per heavy atom. The van der Waals surface area contributed by atoms with Gasteiger partial charge in [0.1, 0.15) is 0 Å². The number of hydrogen-bond donors (Lipinski definition) is 1. The summed E-state index contributed by atoms with van der Waals surface area (Å²) in [7, 11) is 0. The number of piperidine rings is 1. The van der Waals surface area contributed by atoms with E-state index in [9.17, 15) is 13.6 Å². The highest BCUT2D eigenvalue weighted by molar-refractivity contribution is 8.00. The Labute approximate surface area is 133 Å². The van der Waals surface area contributed by atoms with Gasteiger partial charge in [-0.05, 0) is 49.4 Å². The van der Waals surface area contributed by atoms with Gasteiger partial charge in [0, 0.05) is 24.5 Å². The van der Waals surface area contributed by atoms with Gasteiger partial charge in [0.15, 0.2) is 11.6 Å². The largest absolute Gasteiger partial charge is 0.342 e. The van der Waals surface area contributed by atoms with Crippen LogP contribution in [0.2, 0.25) is 0 Å². The number of halogens is 2. The maximum atomic E-state index is 13.1. The highest BCUT2D eigenvalue weighted by Crippen LogP contribution is 2.37. The van der Waals surface area contributed by atoms with Gasteiger partial charge in [-0.1, -0.05) is 0 Å². The molecule has 2 saturated heterocycles. The first-order valence-electron chi connectivity index (χ1n) is 7.64. The van der Waals surface area contributed by atoms with Gasteiger partial charge >= 0.3 is 0 Å². The third-order valence-corrected chi connectivity index (χ3v) is 5.74. The molecule has 0 unspecified atom stereocenters. The molecule has 0 aromatic heterocycles. The Hall–Kier alpha value is -1.14. The summed E-state index contributed by atoms with van der Waals surface area (Å²) in [5.74, 6) is -1.38. The van der Waals surface area contributed by atoms with E-state index in [1.807, 2.05) is 4.90 Å². The summed E-state index contributed by atoms with van der Waals surface area (Å²) in [6.45, 7) is 3.76. The average Bonchev–Trinajstić information content (AvgIpc) is 2.97. The topological polar surface area (TPSA) is 32.3 Å². The van der Waals surface area contributed by atoms with Crippen LogP contribution in [0.25, 0.3) is 0 Å². The molecule has 0 saturated carbocycles. The van der Waals surface area contributed by atoms with E-state index in [4.69, 9.17) is 0 Å². The van der Waals surface area contributed by atoms with Crippen molar-refractivity contribution < 1.29 is 13.6 Å². The lowest BCUT2D eigenvalue weighted by atomic mass is 9.78. The highest BCUT2D eigenvalue weighted by atomic mass is 32.2. The molecule has 120 valence electrons. The van der Waals surface area contributed by atoms with Gasteiger partial charge in [0.05, 0.1) is 5.75 Å². The fourth-order valence-electron chi connectivity index (χ4n) is 3.26. The predicted octanol–water partition coefficient (Wildman–Crippen LogP) is 2.66. The number of likely N-dealkylation sites (tertiary alicyclic amines) is 1. The van der Waals surface area contributed by atoms with Gasteiger partial charge < -0.3 is 10.2 Å². The van der Waals surface area contributed by atoms with Gasteiger partial charge in [-0.3, -0.25) is 4.79 Å². The molecule has 1 N–H and O–H groups in total. The van der Waals surface area contributed by atoms with Crippen LogP contribution in [0, 0.1) is 17.0 Å². The number of carbonyl (C=O) groups excluding carboxylic acids is 1. The summed E-state index contributed by atoms with van der Waals surface area (Å²) >= 11 is 1.26. The van der Waals surface area contributed by atoms with E-state index in [0.717, 1.165) is 51.2 Å². The summed E-state index contributed by atoms with van der Waals surface area (Å²) in [5, 5.41) is 3.41. The Bertz CT molecular complexity index is 551. The van der Waals surface area contributed by atoms with E-state index in [-0.39, 0.29) is 11.7 Å². The second-order valence-corrected chi connectivity index (χ2v) is 7.22. The van der Waals surface area contributed by atoms with Crippen LogP contribution in [0.5, 0.6) is 0 Å². The standard InChI is InChI=1S/C16H20F2N2OS/c17-13-2-1-12(9-14(13)18)22-10-15(21)20-7-4-16(5-8-20)3-6-19-11-16/h1-2,9,19H,3-8,10-11H2. The molecular weight excluding hydrogens is 306 g/mol. The Balaban J connectivity index is 1.49. The second-order valence-electron chi connectivity index (χ2n) is 6.17. The van der Waals surface area contributed by atoms with Crippen molar-refractivity contribution in [2.75, 3.05) is 31.9 Å². The molecule has 1 aromatic rings. The Morgan fingerprint density at radius 3 is 2.64 bits per heavy atom. The maximum absolute atomic E-state index is 13.1. The van der Waals surface area contributed by atoms with Crippen LogP contribution in [0.4, 0.5) is 8.78 Å². The first-order chi connectivity index (χ1) is 10.6. The number of nitrogens with one attached hydrogen (secondary N) is 1. The fraction of sp³-hybridized carbons (Fsp3) is 0.562. The molecule has 0 aliphatic carbocycles. The van der Waals surface area contributed by atoms with Gasteiger partial charge in [0.25, 0.3) is 0 Å². The van der Waals surface area contributed by atoms with E-state index in [1.54, 1.807) is 0 Å². The van der Waals surface area contributed by atoms with Crippen molar-refractivity contribution >= 4 is 17.7 Å². The van der Waals surface area contributed by atoms with E-state index in [2.05, 4.69) is 5.32 Å². The highest BCUT2D eigenvalue weighted by Gasteiger charge is 2.37. The number of benzene rings is 1. The summed E-state index contributed by atoms with van der Waals surface area (Å²) in [5.41, 5.74) is 0.393. The molecule has 1 aromatic carbocycles. The Morgan fingerprint density at radius 2 is 2.00 bits per heavy atom. The van der Waals surface area contributed by atoms with Crippen LogP contribution < -0.4 is 5.32 Å². The number of amides is 1. The number of carbonyl (C=O) groups is 1. The zero-order valence-corrected chi connectivity index (χ0v) is 13.2. The summed E-state index contributed by atoms with van der Waals surface area (Å²) in [6, 6.07) is 3.74. The van der Waals surface area contributed by atoms with Crippen LogP contribution in [0.1, 0.15) is 19.3 Å². The number of thioether (sulfide) groups is 1. The SMILES string of the molecule is O=C(CSc1ccc(F)c(F)c1)N1CCC2(CCNC2)CC1. The molecule has 0 bridgehead atoms. The molecule has 22 heavy (non-hydrogen) atoms. The third kappa shape index (κ3) is 3.43. The first kappa shape index (κ1) is 15.7. The van der Waals surface area contributed by atoms with E-state index in [0.29, 0.717) is 10.3 Å². The van der Waals surface area contributed by atoms with E-state index >= 15 is 0 Å². The molecule has 2 heterocycles. The van der Waals surface area contributed by atoms with Crippen molar-refractivity contribution in [3.8, 4) is 0 Å². The monoisotopic (exact) mass is 326 g/mol. The average molecular weight is 326 g/mol. The predicted molar refractivity (Wildman–Crippen MR) is 82.8 cm³/mol. The zero-order valence-electron chi connectivity index (χ0n) is 12.4. The van der Waals surface area contributed by atoms with Crippen molar-refractivity contribution in [2.24, 2.45) is 5.41 Å². The maximum Gasteiger partial charge on any atom is 0.232 e. The number of hydrogen-bond acceptors (Lipinski definition) is 3. The van der Waals surface area contributed by atoms with Gasteiger partial charge in [-0.15, -0.1) is 11.8 Å². The summed E-state index contributed by atoms with van der Waals surface area (Å²) in [4.78, 5) is 14.7. The molecule has 3 rings (SSSR count). The number of nitrogens with zero attached hydrogens (tertiary/aromatic N) is 1. The molecular formula is C16H20F2N2OS. The lowest BCUT2D eigenvalue weighted by molar-refractivity contribution is -0.130. The molecule has 1 spiro atoms. The van der Waals surface area contributed by atoms with Crippen LogP contribution in [-0.2, 0) is 4.79 Å².